The number of benzene rings is 1. The minimum atomic E-state index is -0.933. The van der Waals surface area contributed by atoms with Crippen LogP contribution in [0.15, 0.2) is 24.3 Å². The van der Waals surface area contributed by atoms with Gasteiger partial charge in [-0.05, 0) is 17.7 Å². The average Bonchev–Trinajstić information content (AvgIpc) is 2.49. The van der Waals surface area contributed by atoms with Crippen LogP contribution in [-0.4, -0.2) is 42.2 Å². The predicted octanol–water partition coefficient (Wildman–Crippen LogP) is 1.31. The number of nitrogens with zero attached hydrogens (tertiary/aromatic N) is 1. The Hall–Kier alpha value is -2.68. The van der Waals surface area contributed by atoms with E-state index in [1.165, 1.54) is 4.90 Å². The third-order valence-electron chi connectivity index (χ3n) is 2.70. The Morgan fingerprint density at radius 1 is 1.38 bits per heavy atom. The number of hydrogen-bond acceptors (Lipinski definition) is 3. The van der Waals surface area contributed by atoms with Crippen LogP contribution in [0.1, 0.15) is 12.0 Å². The van der Waals surface area contributed by atoms with E-state index in [0.717, 1.165) is 5.56 Å². The van der Waals surface area contributed by atoms with Crippen LogP contribution in [0.25, 0.3) is 0 Å². The summed E-state index contributed by atoms with van der Waals surface area (Å²) in [5.41, 5.74) is 0.906. The Labute approximate surface area is 123 Å². The Kier molecular flexibility index (Phi) is 6.61. The van der Waals surface area contributed by atoms with Gasteiger partial charge in [-0.15, -0.1) is 6.42 Å². The summed E-state index contributed by atoms with van der Waals surface area (Å²) < 4.78 is 5.24. The smallest absolute Gasteiger partial charge is 0.317 e. The molecule has 0 atom stereocenters. The summed E-state index contributed by atoms with van der Waals surface area (Å²) in [4.78, 5) is 23.5. The molecule has 0 aromatic heterocycles. The zero-order valence-corrected chi connectivity index (χ0v) is 11.8. The van der Waals surface area contributed by atoms with Crippen molar-refractivity contribution in [3.8, 4) is 18.1 Å². The molecular formula is C15H18N2O4. The van der Waals surface area contributed by atoms with Gasteiger partial charge in [-0.25, -0.2) is 4.79 Å². The van der Waals surface area contributed by atoms with E-state index < -0.39 is 5.97 Å². The highest BCUT2D eigenvalue weighted by molar-refractivity contribution is 5.75. The van der Waals surface area contributed by atoms with Gasteiger partial charge in [-0.1, -0.05) is 18.1 Å². The number of carbonyl (C=O) groups is 2. The summed E-state index contributed by atoms with van der Waals surface area (Å²) in [5.74, 6) is 2.11. The number of urea groups is 1. The summed E-state index contributed by atoms with van der Waals surface area (Å²) in [6.45, 7) is 0.732. The number of hydrogen-bond donors (Lipinski definition) is 2. The maximum atomic E-state index is 11.7. The summed E-state index contributed by atoms with van der Waals surface area (Å²) in [5, 5.41) is 11.3. The molecule has 0 saturated heterocycles. The first-order valence-electron chi connectivity index (χ1n) is 6.39. The SMILES string of the molecule is C#CCOc1ccc(CNC(=O)N(C)CCC(=O)O)cc1. The zero-order chi connectivity index (χ0) is 15.7. The topological polar surface area (TPSA) is 78.9 Å². The lowest BCUT2D eigenvalue weighted by atomic mass is 10.2. The number of nitrogens with one attached hydrogen (secondary N) is 1. The van der Waals surface area contributed by atoms with Gasteiger partial charge in [0.15, 0.2) is 0 Å². The van der Waals surface area contributed by atoms with Gasteiger partial charge in [-0.3, -0.25) is 4.79 Å². The molecule has 2 amide bonds. The summed E-state index contributed by atoms with van der Waals surface area (Å²) in [6, 6.07) is 6.87. The van der Waals surface area contributed by atoms with Gasteiger partial charge in [0, 0.05) is 20.1 Å². The van der Waals surface area contributed by atoms with Gasteiger partial charge in [0.2, 0.25) is 0 Å². The van der Waals surface area contributed by atoms with Gasteiger partial charge >= 0.3 is 12.0 Å². The number of carbonyl (C=O) groups excluding carboxylic acids is 1. The molecule has 0 heterocycles. The molecule has 2 N–H and O–H groups in total. The Balaban J connectivity index is 2.38. The third kappa shape index (κ3) is 6.34. The molecule has 0 unspecified atom stereocenters. The number of carboxylic acids is 1. The fourth-order valence-corrected chi connectivity index (χ4v) is 1.51. The van der Waals surface area contributed by atoms with E-state index in [4.69, 9.17) is 16.3 Å². The second-order valence-corrected chi connectivity index (χ2v) is 4.36. The molecule has 0 aliphatic carbocycles. The first kappa shape index (κ1) is 16.4. The molecule has 6 heteroatoms. The lowest BCUT2D eigenvalue weighted by Gasteiger charge is -2.17. The number of rotatable bonds is 7. The molecule has 0 aliphatic rings. The molecule has 1 rings (SSSR count). The van der Waals surface area contributed by atoms with E-state index in [-0.39, 0.29) is 25.6 Å². The largest absolute Gasteiger partial charge is 0.481 e. The molecule has 6 nitrogen and oxygen atoms in total. The lowest BCUT2D eigenvalue weighted by Crippen LogP contribution is -2.37. The van der Waals surface area contributed by atoms with E-state index in [1.54, 1.807) is 19.2 Å². The van der Waals surface area contributed by atoms with Crippen LogP contribution in [-0.2, 0) is 11.3 Å². The minimum Gasteiger partial charge on any atom is -0.481 e. The van der Waals surface area contributed by atoms with Crippen molar-refractivity contribution in [2.45, 2.75) is 13.0 Å². The first-order valence-corrected chi connectivity index (χ1v) is 6.39. The highest BCUT2D eigenvalue weighted by Gasteiger charge is 2.09. The highest BCUT2D eigenvalue weighted by Crippen LogP contribution is 2.11. The van der Waals surface area contributed by atoms with Crippen molar-refractivity contribution in [1.82, 2.24) is 10.2 Å². The molecule has 0 bridgehead atoms. The molecule has 1 aromatic rings. The lowest BCUT2D eigenvalue weighted by molar-refractivity contribution is -0.137. The number of aliphatic carboxylic acids is 1. The van der Waals surface area contributed by atoms with Gasteiger partial charge in [0.25, 0.3) is 0 Å². The Morgan fingerprint density at radius 2 is 2.05 bits per heavy atom. The van der Waals surface area contributed by atoms with Crippen molar-refractivity contribution in [2.24, 2.45) is 0 Å². The van der Waals surface area contributed by atoms with E-state index in [0.29, 0.717) is 12.3 Å². The number of amides is 2. The number of terminal acetylenes is 1. The third-order valence-corrected chi connectivity index (χ3v) is 2.70. The fourth-order valence-electron chi connectivity index (χ4n) is 1.51. The van der Waals surface area contributed by atoms with Crippen molar-refractivity contribution in [3.63, 3.8) is 0 Å². The minimum absolute atomic E-state index is 0.0782. The van der Waals surface area contributed by atoms with Crippen LogP contribution >= 0.6 is 0 Å². The zero-order valence-electron chi connectivity index (χ0n) is 11.8. The van der Waals surface area contributed by atoms with E-state index >= 15 is 0 Å². The van der Waals surface area contributed by atoms with Crippen molar-refractivity contribution in [2.75, 3.05) is 20.2 Å². The van der Waals surface area contributed by atoms with Gasteiger partial charge in [0.1, 0.15) is 12.4 Å². The molecule has 1 aromatic carbocycles. The summed E-state index contributed by atoms with van der Waals surface area (Å²) in [6.07, 6.45) is 5.02. The fraction of sp³-hybridized carbons (Fsp3) is 0.333. The normalized spacial score (nSPS) is 9.52. The predicted molar refractivity (Wildman–Crippen MR) is 77.9 cm³/mol. The van der Waals surface area contributed by atoms with Crippen LogP contribution in [0.4, 0.5) is 4.79 Å². The molecule has 0 radical (unpaired) electrons. The molecule has 21 heavy (non-hydrogen) atoms. The molecular weight excluding hydrogens is 272 g/mol. The van der Waals surface area contributed by atoms with Crippen LogP contribution in [0, 0.1) is 12.3 Å². The summed E-state index contributed by atoms with van der Waals surface area (Å²) >= 11 is 0. The van der Waals surface area contributed by atoms with E-state index in [2.05, 4.69) is 11.2 Å². The van der Waals surface area contributed by atoms with Crippen LogP contribution in [0.2, 0.25) is 0 Å². The standard InChI is InChI=1S/C15H18N2O4/c1-3-10-21-13-6-4-12(5-7-13)11-16-15(20)17(2)9-8-14(18)19/h1,4-7H,8-11H2,2H3,(H,16,20)(H,18,19). The maximum absolute atomic E-state index is 11.7. The Bertz CT molecular complexity index is 519. The molecule has 0 saturated carbocycles. The van der Waals surface area contributed by atoms with Crippen molar-refractivity contribution >= 4 is 12.0 Å². The monoisotopic (exact) mass is 290 g/mol. The average molecular weight is 290 g/mol. The van der Waals surface area contributed by atoms with E-state index in [1.807, 2.05) is 12.1 Å². The molecule has 0 spiro atoms. The quantitative estimate of drug-likeness (QED) is 0.742. The highest BCUT2D eigenvalue weighted by atomic mass is 16.5. The maximum Gasteiger partial charge on any atom is 0.317 e. The van der Waals surface area contributed by atoms with Crippen molar-refractivity contribution in [3.05, 3.63) is 29.8 Å². The van der Waals surface area contributed by atoms with Crippen LogP contribution in [0.5, 0.6) is 5.75 Å². The van der Waals surface area contributed by atoms with Gasteiger partial charge in [0.05, 0.1) is 6.42 Å². The van der Waals surface area contributed by atoms with Crippen LogP contribution < -0.4 is 10.1 Å². The van der Waals surface area contributed by atoms with E-state index in [9.17, 15) is 9.59 Å². The second-order valence-electron chi connectivity index (χ2n) is 4.36. The Morgan fingerprint density at radius 3 is 2.62 bits per heavy atom. The van der Waals surface area contributed by atoms with Crippen molar-refractivity contribution in [1.29, 1.82) is 0 Å². The number of carboxylic acid groups (broad SMARTS) is 1. The second kappa shape index (κ2) is 8.48. The van der Waals surface area contributed by atoms with Crippen molar-refractivity contribution < 1.29 is 19.4 Å². The number of ether oxygens (including phenoxy) is 1. The first-order chi connectivity index (χ1) is 10.0. The van der Waals surface area contributed by atoms with Gasteiger partial charge in [-0.2, -0.15) is 0 Å². The molecule has 0 fully saturated rings. The molecule has 0 aliphatic heterocycles. The summed E-state index contributed by atoms with van der Waals surface area (Å²) in [7, 11) is 1.55. The molecule has 112 valence electrons. The van der Waals surface area contributed by atoms with Crippen LogP contribution in [0.3, 0.4) is 0 Å². The van der Waals surface area contributed by atoms with Gasteiger partial charge < -0.3 is 20.1 Å².